The van der Waals surface area contributed by atoms with E-state index in [2.05, 4.69) is 36.2 Å². The Labute approximate surface area is 130 Å². The Morgan fingerprint density at radius 1 is 0.905 bits per heavy atom. The highest BCUT2D eigenvalue weighted by Gasteiger charge is 2.22. The van der Waals surface area contributed by atoms with Crippen LogP contribution in [0.5, 0.6) is 0 Å². The molecular weight excluding hydrogens is 256 g/mol. The standard InChI is InChI=1S/C19H32N2/c1-3-5-7-8-16-10-12-17(13-11-16)18-14-20-19(21-15-18)9-6-4-2/h14-17H,3-13H2,1-2H3. The van der Waals surface area contributed by atoms with Gasteiger partial charge in [-0.1, -0.05) is 46.0 Å². The van der Waals surface area contributed by atoms with E-state index in [-0.39, 0.29) is 0 Å². The van der Waals surface area contributed by atoms with Gasteiger partial charge in [-0.25, -0.2) is 9.97 Å². The van der Waals surface area contributed by atoms with Crippen molar-refractivity contribution in [1.82, 2.24) is 9.97 Å². The fraction of sp³-hybridized carbons (Fsp3) is 0.789. The minimum Gasteiger partial charge on any atom is -0.241 e. The molecule has 0 amide bonds. The molecule has 1 saturated carbocycles. The largest absolute Gasteiger partial charge is 0.241 e. The average molecular weight is 288 g/mol. The number of rotatable bonds is 8. The van der Waals surface area contributed by atoms with Crippen LogP contribution in [-0.4, -0.2) is 9.97 Å². The Morgan fingerprint density at radius 2 is 1.57 bits per heavy atom. The van der Waals surface area contributed by atoms with E-state index in [1.165, 1.54) is 69.8 Å². The maximum absolute atomic E-state index is 4.56. The van der Waals surface area contributed by atoms with Crippen molar-refractivity contribution in [2.75, 3.05) is 0 Å². The fourth-order valence-corrected chi connectivity index (χ4v) is 3.51. The number of hydrogen-bond donors (Lipinski definition) is 0. The molecule has 1 aliphatic rings. The van der Waals surface area contributed by atoms with E-state index in [9.17, 15) is 0 Å². The van der Waals surface area contributed by atoms with Gasteiger partial charge in [-0.05, 0) is 49.5 Å². The average Bonchev–Trinajstić information content (AvgIpc) is 2.54. The molecule has 1 heterocycles. The topological polar surface area (TPSA) is 25.8 Å². The number of aromatic nitrogens is 2. The van der Waals surface area contributed by atoms with Gasteiger partial charge in [0, 0.05) is 18.8 Å². The van der Waals surface area contributed by atoms with Crippen LogP contribution in [0.15, 0.2) is 12.4 Å². The molecular formula is C19H32N2. The Bertz CT molecular complexity index is 377. The molecule has 0 bridgehead atoms. The molecule has 0 aliphatic heterocycles. The zero-order chi connectivity index (χ0) is 14.9. The minimum atomic E-state index is 0.715. The third kappa shape index (κ3) is 5.41. The Kier molecular flexibility index (Phi) is 7.18. The van der Waals surface area contributed by atoms with Crippen molar-refractivity contribution in [3.8, 4) is 0 Å². The monoisotopic (exact) mass is 288 g/mol. The first-order valence-corrected chi connectivity index (χ1v) is 9.14. The normalized spacial score (nSPS) is 22.4. The van der Waals surface area contributed by atoms with E-state index in [1.54, 1.807) is 0 Å². The molecule has 0 saturated heterocycles. The zero-order valence-electron chi connectivity index (χ0n) is 14.0. The van der Waals surface area contributed by atoms with E-state index in [1.807, 2.05) is 0 Å². The lowest BCUT2D eigenvalue weighted by Gasteiger charge is -2.28. The first kappa shape index (κ1) is 16.5. The number of hydrogen-bond acceptors (Lipinski definition) is 2. The van der Waals surface area contributed by atoms with Gasteiger partial charge in [-0.3, -0.25) is 0 Å². The Balaban J connectivity index is 1.76. The van der Waals surface area contributed by atoms with Crippen molar-refractivity contribution in [1.29, 1.82) is 0 Å². The lowest BCUT2D eigenvalue weighted by Crippen LogP contribution is -2.14. The van der Waals surface area contributed by atoms with Crippen LogP contribution in [0.4, 0.5) is 0 Å². The van der Waals surface area contributed by atoms with Crippen molar-refractivity contribution >= 4 is 0 Å². The minimum absolute atomic E-state index is 0.715. The van der Waals surface area contributed by atoms with Gasteiger partial charge in [0.15, 0.2) is 0 Å². The Hall–Kier alpha value is -0.920. The Morgan fingerprint density at radius 3 is 2.19 bits per heavy atom. The van der Waals surface area contributed by atoms with Gasteiger partial charge in [0.05, 0.1) is 0 Å². The molecule has 0 N–H and O–H groups in total. The summed E-state index contributed by atoms with van der Waals surface area (Å²) in [7, 11) is 0. The third-order valence-corrected chi connectivity index (χ3v) is 5.01. The summed E-state index contributed by atoms with van der Waals surface area (Å²) in [5.74, 6) is 2.72. The summed E-state index contributed by atoms with van der Waals surface area (Å²) in [6.45, 7) is 4.51. The van der Waals surface area contributed by atoms with Gasteiger partial charge in [-0.15, -0.1) is 0 Å². The summed E-state index contributed by atoms with van der Waals surface area (Å²) in [5, 5.41) is 0. The predicted octanol–water partition coefficient (Wildman–Crippen LogP) is 5.67. The zero-order valence-corrected chi connectivity index (χ0v) is 14.0. The van der Waals surface area contributed by atoms with E-state index in [0.717, 1.165) is 18.2 Å². The van der Waals surface area contributed by atoms with E-state index in [4.69, 9.17) is 0 Å². The van der Waals surface area contributed by atoms with Gasteiger partial charge in [0.2, 0.25) is 0 Å². The summed E-state index contributed by atoms with van der Waals surface area (Å²) in [5.41, 5.74) is 1.38. The molecule has 0 spiro atoms. The quantitative estimate of drug-likeness (QED) is 0.576. The lowest BCUT2D eigenvalue weighted by atomic mass is 9.77. The van der Waals surface area contributed by atoms with Gasteiger partial charge >= 0.3 is 0 Å². The van der Waals surface area contributed by atoms with Crippen LogP contribution in [-0.2, 0) is 6.42 Å². The fourth-order valence-electron chi connectivity index (χ4n) is 3.51. The second kappa shape index (κ2) is 9.17. The molecule has 0 aromatic carbocycles. The molecule has 1 aromatic heterocycles. The molecule has 1 aliphatic carbocycles. The maximum Gasteiger partial charge on any atom is 0.128 e. The van der Waals surface area contributed by atoms with Gasteiger partial charge in [-0.2, -0.15) is 0 Å². The molecule has 0 atom stereocenters. The molecule has 1 aromatic rings. The van der Waals surface area contributed by atoms with Gasteiger partial charge in [0.25, 0.3) is 0 Å². The van der Waals surface area contributed by atoms with Crippen molar-refractivity contribution in [3.63, 3.8) is 0 Å². The van der Waals surface area contributed by atoms with Crippen LogP contribution in [0.25, 0.3) is 0 Å². The molecule has 2 heteroatoms. The summed E-state index contributed by atoms with van der Waals surface area (Å²) < 4.78 is 0. The number of unbranched alkanes of at least 4 members (excludes halogenated alkanes) is 3. The van der Waals surface area contributed by atoms with E-state index < -0.39 is 0 Å². The number of nitrogens with zero attached hydrogens (tertiary/aromatic N) is 2. The third-order valence-electron chi connectivity index (χ3n) is 5.01. The lowest BCUT2D eigenvalue weighted by molar-refractivity contribution is 0.302. The molecule has 2 rings (SSSR count). The highest BCUT2D eigenvalue weighted by Crippen LogP contribution is 2.37. The molecule has 21 heavy (non-hydrogen) atoms. The summed E-state index contributed by atoms with van der Waals surface area (Å²) in [4.78, 5) is 9.12. The van der Waals surface area contributed by atoms with Crippen molar-refractivity contribution in [3.05, 3.63) is 23.8 Å². The highest BCUT2D eigenvalue weighted by atomic mass is 14.9. The molecule has 0 radical (unpaired) electrons. The molecule has 118 valence electrons. The molecule has 0 unspecified atom stereocenters. The van der Waals surface area contributed by atoms with Crippen LogP contribution in [0, 0.1) is 5.92 Å². The van der Waals surface area contributed by atoms with Crippen molar-refractivity contribution in [2.24, 2.45) is 5.92 Å². The van der Waals surface area contributed by atoms with Crippen LogP contribution in [0.3, 0.4) is 0 Å². The van der Waals surface area contributed by atoms with Crippen LogP contribution in [0.1, 0.15) is 95.4 Å². The second-order valence-corrected chi connectivity index (χ2v) is 6.75. The van der Waals surface area contributed by atoms with Crippen LogP contribution >= 0.6 is 0 Å². The summed E-state index contributed by atoms with van der Waals surface area (Å²) in [6, 6.07) is 0. The SMILES string of the molecule is CCCCCC1CCC(c2cnc(CCCC)nc2)CC1. The van der Waals surface area contributed by atoms with E-state index in [0.29, 0.717) is 5.92 Å². The van der Waals surface area contributed by atoms with Crippen LogP contribution < -0.4 is 0 Å². The van der Waals surface area contributed by atoms with Gasteiger partial charge < -0.3 is 0 Å². The van der Waals surface area contributed by atoms with Gasteiger partial charge in [0.1, 0.15) is 5.82 Å². The van der Waals surface area contributed by atoms with Crippen LogP contribution in [0.2, 0.25) is 0 Å². The van der Waals surface area contributed by atoms with E-state index >= 15 is 0 Å². The first-order chi connectivity index (χ1) is 10.3. The summed E-state index contributed by atoms with van der Waals surface area (Å²) in [6.07, 6.45) is 18.8. The molecule has 1 fully saturated rings. The van der Waals surface area contributed by atoms with Crippen molar-refractivity contribution in [2.45, 2.75) is 90.4 Å². The maximum atomic E-state index is 4.56. The smallest absolute Gasteiger partial charge is 0.128 e. The first-order valence-electron chi connectivity index (χ1n) is 9.14. The number of aryl methyl sites for hydroxylation is 1. The molecule has 2 nitrogen and oxygen atoms in total. The van der Waals surface area contributed by atoms with Crippen molar-refractivity contribution < 1.29 is 0 Å². The summed E-state index contributed by atoms with van der Waals surface area (Å²) >= 11 is 0. The second-order valence-electron chi connectivity index (χ2n) is 6.75. The highest BCUT2D eigenvalue weighted by molar-refractivity contribution is 5.12. The predicted molar refractivity (Wildman–Crippen MR) is 89.5 cm³/mol.